The van der Waals surface area contributed by atoms with E-state index in [-0.39, 0.29) is 0 Å². The third-order valence-corrected chi connectivity index (χ3v) is 4.15. The van der Waals surface area contributed by atoms with E-state index >= 15 is 0 Å². The fourth-order valence-corrected chi connectivity index (χ4v) is 2.67. The van der Waals surface area contributed by atoms with Crippen LogP contribution in [0.25, 0.3) is 0 Å². The number of benzene rings is 3. The smallest absolute Gasteiger partial charge is 0.0617 e. The Hall–Kier alpha value is -3.26. The molecule has 0 saturated carbocycles. The summed E-state index contributed by atoms with van der Waals surface area (Å²) in [5, 5.41) is 0. The summed E-state index contributed by atoms with van der Waals surface area (Å²) in [5.41, 5.74) is 4.65. The Kier molecular flexibility index (Phi) is 6.88. The van der Waals surface area contributed by atoms with E-state index in [0.717, 1.165) is 17.7 Å². The van der Waals surface area contributed by atoms with Gasteiger partial charge in [-0.15, -0.1) is 0 Å². The first-order chi connectivity index (χ1) is 13.3. The van der Waals surface area contributed by atoms with E-state index in [9.17, 15) is 0 Å². The highest BCUT2D eigenvalue weighted by Gasteiger charge is 2.03. The fourth-order valence-electron chi connectivity index (χ4n) is 2.67. The number of aryl methyl sites for hydroxylation is 1. The van der Waals surface area contributed by atoms with Crippen LogP contribution in [0.5, 0.6) is 0 Å². The van der Waals surface area contributed by atoms with Crippen molar-refractivity contribution in [3.63, 3.8) is 0 Å². The second-order valence-corrected chi connectivity index (χ2v) is 6.47. The molecule has 1 nitrogen and oxygen atoms in total. The molecule has 0 spiro atoms. The van der Waals surface area contributed by atoms with Crippen LogP contribution in [-0.4, -0.2) is 18.0 Å². The largest absolute Gasteiger partial charge is 0.277 e. The zero-order chi connectivity index (χ0) is 18.7. The van der Waals surface area contributed by atoms with Gasteiger partial charge < -0.3 is 0 Å². The van der Waals surface area contributed by atoms with Crippen LogP contribution < -0.4 is 0 Å². The molecule has 0 unspecified atom stereocenters. The second kappa shape index (κ2) is 10.0. The number of rotatable bonds is 4. The van der Waals surface area contributed by atoms with Gasteiger partial charge in [0.25, 0.3) is 0 Å². The summed E-state index contributed by atoms with van der Waals surface area (Å²) in [5.74, 6) is 13.1. The molecule has 132 valence electrons. The maximum atomic E-state index is 3.29. The fraction of sp³-hybridized carbons (Fsp3) is 0.154. The third-order valence-electron chi connectivity index (χ3n) is 4.15. The molecule has 0 heterocycles. The van der Waals surface area contributed by atoms with Crippen molar-refractivity contribution in [2.45, 2.75) is 13.5 Å². The van der Waals surface area contributed by atoms with Crippen LogP contribution >= 0.6 is 0 Å². The minimum atomic E-state index is 0.687. The maximum absolute atomic E-state index is 3.29. The SMILES string of the molecule is Cc1ccc(CN(CC#Cc2ccccc2)CC#Cc2ccccc2)cc1. The minimum absolute atomic E-state index is 0.687. The highest BCUT2D eigenvalue weighted by molar-refractivity contribution is 5.35. The predicted octanol–water partition coefficient (Wildman–Crippen LogP) is 4.90. The van der Waals surface area contributed by atoms with Crippen molar-refractivity contribution in [3.8, 4) is 23.7 Å². The van der Waals surface area contributed by atoms with E-state index in [4.69, 9.17) is 0 Å². The van der Waals surface area contributed by atoms with Crippen LogP contribution in [0.1, 0.15) is 22.3 Å². The highest BCUT2D eigenvalue weighted by atomic mass is 15.1. The molecule has 0 aliphatic rings. The average Bonchev–Trinajstić information content (AvgIpc) is 2.71. The lowest BCUT2D eigenvalue weighted by molar-refractivity contribution is 0.337. The van der Waals surface area contributed by atoms with Gasteiger partial charge in [0.15, 0.2) is 0 Å². The maximum Gasteiger partial charge on any atom is 0.0617 e. The molecule has 3 aromatic carbocycles. The zero-order valence-corrected chi connectivity index (χ0v) is 15.7. The van der Waals surface area contributed by atoms with E-state index in [1.54, 1.807) is 0 Å². The number of hydrogen-bond acceptors (Lipinski definition) is 1. The van der Waals surface area contributed by atoms with Gasteiger partial charge in [0.1, 0.15) is 0 Å². The van der Waals surface area contributed by atoms with Crippen molar-refractivity contribution in [1.29, 1.82) is 0 Å². The molecule has 3 aromatic rings. The third kappa shape index (κ3) is 6.52. The lowest BCUT2D eigenvalue weighted by Gasteiger charge is -2.17. The Morgan fingerprint density at radius 1 is 0.630 bits per heavy atom. The van der Waals surface area contributed by atoms with Gasteiger partial charge in [-0.3, -0.25) is 4.90 Å². The lowest BCUT2D eigenvalue weighted by Crippen LogP contribution is -2.24. The van der Waals surface area contributed by atoms with Gasteiger partial charge in [-0.05, 0) is 36.8 Å². The van der Waals surface area contributed by atoms with Crippen molar-refractivity contribution in [2.24, 2.45) is 0 Å². The monoisotopic (exact) mass is 349 g/mol. The van der Waals surface area contributed by atoms with Crippen LogP contribution in [0.4, 0.5) is 0 Å². The first-order valence-electron chi connectivity index (χ1n) is 9.15. The van der Waals surface area contributed by atoms with E-state index in [1.807, 2.05) is 60.7 Å². The molecule has 0 atom stereocenters. The number of nitrogens with zero attached hydrogens (tertiary/aromatic N) is 1. The van der Waals surface area contributed by atoms with Gasteiger partial charge in [-0.25, -0.2) is 0 Å². The average molecular weight is 349 g/mol. The first-order valence-corrected chi connectivity index (χ1v) is 9.15. The highest BCUT2D eigenvalue weighted by Crippen LogP contribution is 2.07. The Bertz CT molecular complexity index is 890. The Labute approximate surface area is 162 Å². The molecule has 0 aromatic heterocycles. The standard InChI is InChI=1S/C26H23N/c1-23-16-18-26(19-17-23)22-27(20-8-14-24-10-4-2-5-11-24)21-9-15-25-12-6-3-7-13-25/h2-7,10-13,16-19H,20-22H2,1H3. The Morgan fingerprint density at radius 3 is 1.59 bits per heavy atom. The van der Waals surface area contributed by atoms with Crippen molar-refractivity contribution >= 4 is 0 Å². The van der Waals surface area contributed by atoms with Crippen LogP contribution in [0.15, 0.2) is 84.9 Å². The van der Waals surface area contributed by atoms with Crippen LogP contribution in [0, 0.1) is 30.6 Å². The van der Waals surface area contributed by atoms with E-state index in [2.05, 4.69) is 59.8 Å². The molecule has 0 aliphatic carbocycles. The first kappa shape index (κ1) is 18.5. The molecule has 0 fully saturated rings. The normalized spacial score (nSPS) is 9.85. The summed E-state index contributed by atoms with van der Waals surface area (Å²) in [6.07, 6.45) is 0. The Balaban J connectivity index is 1.69. The van der Waals surface area contributed by atoms with Crippen LogP contribution in [0.3, 0.4) is 0 Å². The van der Waals surface area contributed by atoms with Gasteiger partial charge in [-0.1, -0.05) is 89.9 Å². The topological polar surface area (TPSA) is 3.24 Å². The van der Waals surface area contributed by atoms with Gasteiger partial charge in [0, 0.05) is 17.7 Å². The zero-order valence-electron chi connectivity index (χ0n) is 15.7. The molecule has 3 rings (SSSR count). The molecule has 27 heavy (non-hydrogen) atoms. The molecular formula is C26H23N. The van der Waals surface area contributed by atoms with E-state index in [0.29, 0.717) is 13.1 Å². The van der Waals surface area contributed by atoms with Crippen LogP contribution in [-0.2, 0) is 6.54 Å². The molecular weight excluding hydrogens is 326 g/mol. The van der Waals surface area contributed by atoms with Gasteiger partial charge in [0.05, 0.1) is 13.1 Å². The van der Waals surface area contributed by atoms with Gasteiger partial charge in [-0.2, -0.15) is 0 Å². The van der Waals surface area contributed by atoms with Crippen molar-refractivity contribution < 1.29 is 0 Å². The molecule has 0 radical (unpaired) electrons. The van der Waals surface area contributed by atoms with Crippen LogP contribution in [0.2, 0.25) is 0 Å². The molecule has 0 amide bonds. The van der Waals surface area contributed by atoms with Crippen molar-refractivity contribution in [1.82, 2.24) is 4.90 Å². The Morgan fingerprint density at radius 2 is 1.11 bits per heavy atom. The summed E-state index contributed by atoms with van der Waals surface area (Å²) >= 11 is 0. The number of hydrogen-bond donors (Lipinski definition) is 0. The summed E-state index contributed by atoms with van der Waals surface area (Å²) in [7, 11) is 0. The van der Waals surface area contributed by atoms with Gasteiger partial charge in [0.2, 0.25) is 0 Å². The molecule has 0 N–H and O–H groups in total. The summed E-state index contributed by atoms with van der Waals surface area (Å²) < 4.78 is 0. The predicted molar refractivity (Wildman–Crippen MR) is 113 cm³/mol. The summed E-state index contributed by atoms with van der Waals surface area (Å²) in [6.45, 7) is 4.32. The molecule has 0 aliphatic heterocycles. The second-order valence-electron chi connectivity index (χ2n) is 6.47. The quantitative estimate of drug-likeness (QED) is 0.606. The molecule has 1 heteroatoms. The van der Waals surface area contributed by atoms with Crippen molar-refractivity contribution in [2.75, 3.05) is 13.1 Å². The van der Waals surface area contributed by atoms with Gasteiger partial charge >= 0.3 is 0 Å². The van der Waals surface area contributed by atoms with Crippen molar-refractivity contribution in [3.05, 3.63) is 107 Å². The molecule has 0 saturated heterocycles. The summed E-state index contributed by atoms with van der Waals surface area (Å²) in [4.78, 5) is 2.27. The summed E-state index contributed by atoms with van der Waals surface area (Å²) in [6, 6.07) is 28.9. The van der Waals surface area contributed by atoms with E-state index < -0.39 is 0 Å². The van der Waals surface area contributed by atoms with E-state index in [1.165, 1.54) is 11.1 Å². The molecule has 0 bridgehead atoms. The minimum Gasteiger partial charge on any atom is -0.277 e. The lowest BCUT2D eigenvalue weighted by atomic mass is 10.1.